The Morgan fingerprint density at radius 2 is 2.39 bits per heavy atom. The third-order valence-electron chi connectivity index (χ3n) is 2.99. The number of hydrogen-bond acceptors (Lipinski definition) is 2. The minimum atomic E-state index is 0.000926. The van der Waals surface area contributed by atoms with Crippen molar-refractivity contribution in [3.63, 3.8) is 0 Å². The van der Waals surface area contributed by atoms with Crippen molar-refractivity contribution in [2.24, 2.45) is 0 Å². The molecule has 3 nitrogen and oxygen atoms in total. The zero-order valence-corrected chi connectivity index (χ0v) is 12.1. The molecule has 1 amide bonds. The summed E-state index contributed by atoms with van der Waals surface area (Å²) in [5, 5.41) is 4.99. The topological polar surface area (TPSA) is 34.0 Å². The maximum absolute atomic E-state index is 12.2. The standard InChI is InChI=1S/C13H13BrN2OS/c14-9-6-12(16(8-9)10-3-4-10)13(17)15-7-11-2-1-5-18-11/h1-2,5-6,8,10H,3-4,7H2,(H,15,17). The monoisotopic (exact) mass is 324 g/mol. The van der Waals surface area contributed by atoms with Crippen molar-refractivity contribution in [2.75, 3.05) is 0 Å². The smallest absolute Gasteiger partial charge is 0.268 e. The Labute approximate surface area is 118 Å². The van der Waals surface area contributed by atoms with Gasteiger partial charge in [-0.2, -0.15) is 0 Å². The molecule has 0 saturated heterocycles. The van der Waals surface area contributed by atoms with Crippen LogP contribution in [-0.4, -0.2) is 10.5 Å². The molecule has 0 aliphatic heterocycles. The number of amides is 1. The third-order valence-corrected chi connectivity index (χ3v) is 4.30. The van der Waals surface area contributed by atoms with E-state index in [1.165, 1.54) is 17.7 Å². The van der Waals surface area contributed by atoms with Crippen molar-refractivity contribution in [3.8, 4) is 0 Å². The van der Waals surface area contributed by atoms with Crippen molar-refractivity contribution in [1.29, 1.82) is 0 Å². The Morgan fingerprint density at radius 1 is 1.56 bits per heavy atom. The molecule has 0 unspecified atom stereocenters. The maximum atomic E-state index is 12.2. The van der Waals surface area contributed by atoms with Crippen LogP contribution >= 0.6 is 27.3 Å². The molecule has 1 fully saturated rings. The van der Waals surface area contributed by atoms with Gasteiger partial charge in [-0.3, -0.25) is 4.79 Å². The second-order valence-electron chi connectivity index (χ2n) is 4.44. The molecule has 5 heteroatoms. The van der Waals surface area contributed by atoms with E-state index in [1.807, 2.05) is 29.8 Å². The van der Waals surface area contributed by atoms with Gasteiger partial charge in [-0.05, 0) is 46.3 Å². The molecule has 1 aliphatic carbocycles. The molecule has 2 aromatic heterocycles. The highest BCUT2D eigenvalue weighted by Gasteiger charge is 2.27. The Bertz CT molecular complexity index is 558. The van der Waals surface area contributed by atoms with Gasteiger partial charge in [-0.15, -0.1) is 11.3 Å². The first-order valence-corrected chi connectivity index (χ1v) is 7.59. The number of thiophene rings is 1. The van der Waals surface area contributed by atoms with Gasteiger partial charge in [-0.25, -0.2) is 0 Å². The number of halogens is 1. The van der Waals surface area contributed by atoms with Gasteiger partial charge in [0.2, 0.25) is 0 Å². The van der Waals surface area contributed by atoms with Crippen molar-refractivity contribution < 1.29 is 4.79 Å². The van der Waals surface area contributed by atoms with Crippen LogP contribution in [0.3, 0.4) is 0 Å². The number of rotatable bonds is 4. The number of carbonyl (C=O) groups excluding carboxylic acids is 1. The maximum Gasteiger partial charge on any atom is 0.268 e. The van der Waals surface area contributed by atoms with Crippen molar-refractivity contribution in [2.45, 2.75) is 25.4 Å². The summed E-state index contributed by atoms with van der Waals surface area (Å²) in [5.41, 5.74) is 0.751. The van der Waals surface area contributed by atoms with Gasteiger partial charge in [0.25, 0.3) is 5.91 Å². The predicted octanol–water partition coefficient (Wildman–Crippen LogP) is 3.58. The Kier molecular flexibility index (Phi) is 3.26. The number of nitrogens with zero attached hydrogens (tertiary/aromatic N) is 1. The Morgan fingerprint density at radius 3 is 3.06 bits per heavy atom. The number of hydrogen-bond donors (Lipinski definition) is 1. The van der Waals surface area contributed by atoms with E-state index in [4.69, 9.17) is 0 Å². The van der Waals surface area contributed by atoms with E-state index in [-0.39, 0.29) is 5.91 Å². The summed E-state index contributed by atoms with van der Waals surface area (Å²) < 4.78 is 3.05. The minimum Gasteiger partial charge on any atom is -0.346 e. The lowest BCUT2D eigenvalue weighted by molar-refractivity contribution is 0.0942. The van der Waals surface area contributed by atoms with E-state index in [0.717, 1.165) is 10.2 Å². The molecule has 0 spiro atoms. The van der Waals surface area contributed by atoms with Gasteiger partial charge in [0, 0.05) is 21.6 Å². The van der Waals surface area contributed by atoms with Crippen LogP contribution in [0.1, 0.15) is 34.2 Å². The molecule has 0 bridgehead atoms. The molecule has 1 N–H and O–H groups in total. The SMILES string of the molecule is O=C(NCc1cccs1)c1cc(Br)cn1C1CC1. The van der Waals surface area contributed by atoms with Gasteiger partial charge < -0.3 is 9.88 Å². The molecule has 18 heavy (non-hydrogen) atoms. The molecule has 1 aliphatic rings. The summed E-state index contributed by atoms with van der Waals surface area (Å²) in [6.45, 7) is 0.601. The van der Waals surface area contributed by atoms with Crippen molar-refractivity contribution >= 4 is 33.2 Å². The summed E-state index contributed by atoms with van der Waals surface area (Å²) in [7, 11) is 0. The number of aromatic nitrogens is 1. The molecule has 2 heterocycles. The van der Waals surface area contributed by atoms with Crippen LogP contribution < -0.4 is 5.32 Å². The Hall–Kier alpha value is -1.07. The lowest BCUT2D eigenvalue weighted by Gasteiger charge is -2.07. The van der Waals surface area contributed by atoms with Crippen LogP contribution in [0.4, 0.5) is 0 Å². The first-order chi connectivity index (χ1) is 8.74. The van der Waals surface area contributed by atoms with E-state index in [9.17, 15) is 4.79 Å². The molecule has 1 saturated carbocycles. The van der Waals surface area contributed by atoms with Crippen LogP contribution in [0.2, 0.25) is 0 Å². The molecule has 0 radical (unpaired) electrons. The average molecular weight is 325 g/mol. The fourth-order valence-electron chi connectivity index (χ4n) is 1.95. The van der Waals surface area contributed by atoms with E-state index in [0.29, 0.717) is 12.6 Å². The van der Waals surface area contributed by atoms with Crippen LogP contribution in [0.25, 0.3) is 0 Å². The predicted molar refractivity (Wildman–Crippen MR) is 75.9 cm³/mol. The van der Waals surface area contributed by atoms with Gasteiger partial charge in [-0.1, -0.05) is 6.07 Å². The second-order valence-corrected chi connectivity index (χ2v) is 6.39. The lowest BCUT2D eigenvalue weighted by atomic mass is 10.3. The van der Waals surface area contributed by atoms with E-state index < -0.39 is 0 Å². The Balaban J connectivity index is 1.71. The number of carbonyl (C=O) groups is 1. The van der Waals surface area contributed by atoms with Crippen LogP contribution in [0, 0.1) is 0 Å². The molecular formula is C13H13BrN2OS. The molecule has 0 aromatic carbocycles. The van der Waals surface area contributed by atoms with E-state index in [1.54, 1.807) is 11.3 Å². The zero-order valence-electron chi connectivity index (χ0n) is 9.73. The van der Waals surface area contributed by atoms with Crippen LogP contribution in [-0.2, 0) is 6.54 Å². The minimum absolute atomic E-state index is 0.000926. The highest BCUT2D eigenvalue weighted by atomic mass is 79.9. The van der Waals surface area contributed by atoms with Crippen molar-refractivity contribution in [1.82, 2.24) is 9.88 Å². The first-order valence-electron chi connectivity index (χ1n) is 5.92. The fraction of sp³-hybridized carbons (Fsp3) is 0.308. The largest absolute Gasteiger partial charge is 0.346 e. The van der Waals surface area contributed by atoms with E-state index in [2.05, 4.69) is 25.8 Å². The zero-order chi connectivity index (χ0) is 12.5. The molecule has 0 atom stereocenters. The average Bonchev–Trinajstić information content (AvgIpc) is 2.92. The summed E-state index contributed by atoms with van der Waals surface area (Å²) in [6.07, 6.45) is 4.34. The van der Waals surface area contributed by atoms with Gasteiger partial charge in [0.1, 0.15) is 5.69 Å². The normalized spacial score (nSPS) is 14.7. The molecule has 3 rings (SSSR count). The summed E-state index contributed by atoms with van der Waals surface area (Å²) >= 11 is 5.10. The van der Waals surface area contributed by atoms with Gasteiger partial charge in [0.05, 0.1) is 6.54 Å². The fourth-order valence-corrected chi connectivity index (χ4v) is 3.04. The summed E-state index contributed by atoms with van der Waals surface area (Å²) in [4.78, 5) is 13.3. The van der Waals surface area contributed by atoms with Crippen molar-refractivity contribution in [3.05, 3.63) is 44.8 Å². The first kappa shape index (κ1) is 12.0. The molecular weight excluding hydrogens is 312 g/mol. The van der Waals surface area contributed by atoms with Crippen LogP contribution in [0.5, 0.6) is 0 Å². The van der Waals surface area contributed by atoms with Crippen LogP contribution in [0.15, 0.2) is 34.2 Å². The van der Waals surface area contributed by atoms with E-state index >= 15 is 0 Å². The van der Waals surface area contributed by atoms with Gasteiger partial charge in [0.15, 0.2) is 0 Å². The van der Waals surface area contributed by atoms with Gasteiger partial charge >= 0.3 is 0 Å². The third kappa shape index (κ3) is 2.52. The molecule has 94 valence electrons. The number of nitrogens with one attached hydrogen (secondary N) is 1. The lowest BCUT2D eigenvalue weighted by Crippen LogP contribution is -2.24. The summed E-state index contributed by atoms with van der Waals surface area (Å²) in [5.74, 6) is 0.000926. The highest BCUT2D eigenvalue weighted by molar-refractivity contribution is 9.10. The quantitative estimate of drug-likeness (QED) is 0.916. The molecule has 2 aromatic rings. The second kappa shape index (κ2) is 4.90. The summed E-state index contributed by atoms with van der Waals surface area (Å²) in [6, 6.07) is 6.43. The highest BCUT2D eigenvalue weighted by Crippen LogP contribution is 2.37.